The van der Waals surface area contributed by atoms with Crippen molar-refractivity contribution in [3.8, 4) is 11.1 Å². The molecule has 1 heterocycles. The molecule has 0 saturated heterocycles. The molecular formula is C35H46FN3O4. The van der Waals surface area contributed by atoms with Gasteiger partial charge < -0.3 is 19.9 Å². The first kappa shape index (κ1) is 33.7. The van der Waals surface area contributed by atoms with Gasteiger partial charge in [-0.3, -0.25) is 14.4 Å². The number of aryl methyl sites for hydroxylation is 5. The summed E-state index contributed by atoms with van der Waals surface area (Å²) in [6.45, 7) is 14.1. The normalized spacial score (nSPS) is 12.9. The van der Waals surface area contributed by atoms with Gasteiger partial charge in [-0.05, 0) is 119 Å². The summed E-state index contributed by atoms with van der Waals surface area (Å²) in [6.07, 6.45) is 2.26. The highest BCUT2D eigenvalue weighted by Gasteiger charge is 2.29. The number of likely N-dealkylation sites (N-methyl/N-ethyl adjacent to an activating group) is 1. The lowest BCUT2D eigenvalue weighted by molar-refractivity contribution is -0.138. The number of rotatable bonds is 12. The van der Waals surface area contributed by atoms with Crippen molar-refractivity contribution in [1.82, 2.24) is 14.8 Å². The van der Waals surface area contributed by atoms with Gasteiger partial charge in [0.1, 0.15) is 11.9 Å². The first-order valence-electron chi connectivity index (χ1n) is 14.9. The molecule has 0 aliphatic heterocycles. The van der Waals surface area contributed by atoms with Crippen molar-refractivity contribution in [3.63, 3.8) is 0 Å². The van der Waals surface area contributed by atoms with Crippen molar-refractivity contribution in [2.75, 3.05) is 20.6 Å². The Bertz CT molecular complexity index is 1530. The molecule has 0 spiro atoms. The third kappa shape index (κ3) is 8.41. The van der Waals surface area contributed by atoms with Crippen LogP contribution in [0.4, 0.5) is 4.39 Å². The monoisotopic (exact) mass is 591 g/mol. The first-order valence-corrected chi connectivity index (χ1v) is 14.9. The maximum atomic E-state index is 15.8. The average molecular weight is 592 g/mol. The van der Waals surface area contributed by atoms with Crippen LogP contribution in [0.15, 0.2) is 41.3 Å². The van der Waals surface area contributed by atoms with Crippen molar-refractivity contribution in [2.45, 2.75) is 79.8 Å². The Hall–Kier alpha value is -3.78. The molecular weight excluding hydrogens is 545 g/mol. The van der Waals surface area contributed by atoms with Gasteiger partial charge >= 0.3 is 5.97 Å². The molecule has 3 aromatic rings. The van der Waals surface area contributed by atoms with E-state index in [0.717, 1.165) is 39.9 Å². The van der Waals surface area contributed by atoms with Crippen molar-refractivity contribution >= 4 is 11.9 Å². The van der Waals surface area contributed by atoms with E-state index in [-0.39, 0.29) is 17.0 Å². The van der Waals surface area contributed by atoms with Crippen LogP contribution in [0.5, 0.6) is 0 Å². The summed E-state index contributed by atoms with van der Waals surface area (Å²) in [4.78, 5) is 41.4. The summed E-state index contributed by atoms with van der Waals surface area (Å²) in [7, 11) is 3.94. The van der Waals surface area contributed by atoms with E-state index in [1.807, 2.05) is 59.7 Å². The Kier molecular flexibility index (Phi) is 11.1. The molecule has 7 nitrogen and oxygen atoms in total. The fourth-order valence-electron chi connectivity index (χ4n) is 5.84. The third-order valence-electron chi connectivity index (χ3n) is 7.78. The molecule has 8 heteroatoms. The van der Waals surface area contributed by atoms with Crippen molar-refractivity contribution < 1.29 is 19.1 Å². The van der Waals surface area contributed by atoms with Crippen molar-refractivity contribution in [3.05, 3.63) is 91.6 Å². The Morgan fingerprint density at radius 2 is 1.58 bits per heavy atom. The van der Waals surface area contributed by atoms with Crippen LogP contribution in [-0.4, -0.2) is 47.1 Å². The van der Waals surface area contributed by atoms with Gasteiger partial charge in [0.25, 0.3) is 5.56 Å². The van der Waals surface area contributed by atoms with Crippen LogP contribution in [0.1, 0.15) is 77.7 Å². The summed E-state index contributed by atoms with van der Waals surface area (Å²) < 4.78 is 17.2. The highest BCUT2D eigenvalue weighted by Crippen LogP contribution is 2.34. The van der Waals surface area contributed by atoms with Gasteiger partial charge in [-0.2, -0.15) is 0 Å². The zero-order chi connectivity index (χ0) is 32.2. The fourth-order valence-corrected chi connectivity index (χ4v) is 5.84. The zero-order valence-corrected chi connectivity index (χ0v) is 27.0. The Balaban J connectivity index is 2.11. The lowest BCUT2D eigenvalue weighted by Crippen LogP contribution is -2.41. The number of carbonyl (C=O) groups excluding carboxylic acids is 1. The SMILES string of the molecule is Cc1cc(C)c(-c2cc(C)c(F)c(C(CC(=O)O)NC(=O)C(CC(C)C)n3cc(CCN(C)C)cc(C)c3=O)c2)c(C)c1. The molecule has 232 valence electrons. The number of carboxylic acids is 1. The number of nitrogens with one attached hydrogen (secondary N) is 1. The quantitative estimate of drug-likeness (QED) is 0.261. The molecule has 2 N–H and O–H groups in total. The lowest BCUT2D eigenvalue weighted by Gasteiger charge is -2.26. The predicted octanol–water partition coefficient (Wildman–Crippen LogP) is 6.22. The largest absolute Gasteiger partial charge is 0.481 e. The Labute approximate surface area is 254 Å². The van der Waals surface area contributed by atoms with Crippen molar-refractivity contribution in [2.24, 2.45) is 5.92 Å². The van der Waals surface area contributed by atoms with Gasteiger partial charge in [0.05, 0.1) is 12.5 Å². The molecule has 0 aliphatic rings. The molecule has 1 aromatic heterocycles. The van der Waals surface area contributed by atoms with E-state index in [4.69, 9.17) is 0 Å². The number of aliphatic carboxylic acids is 1. The Morgan fingerprint density at radius 1 is 0.953 bits per heavy atom. The maximum absolute atomic E-state index is 15.8. The van der Waals surface area contributed by atoms with Crippen LogP contribution in [0, 0.1) is 46.4 Å². The number of benzene rings is 2. The van der Waals surface area contributed by atoms with Crippen LogP contribution < -0.4 is 10.9 Å². The minimum absolute atomic E-state index is 0.0566. The fraction of sp³-hybridized carbons (Fsp3) is 0.457. The zero-order valence-electron chi connectivity index (χ0n) is 27.0. The number of nitrogens with zero attached hydrogens (tertiary/aromatic N) is 2. The number of aromatic nitrogens is 1. The van der Waals surface area contributed by atoms with E-state index < -0.39 is 36.2 Å². The van der Waals surface area contributed by atoms with E-state index in [0.29, 0.717) is 24.0 Å². The highest BCUT2D eigenvalue weighted by molar-refractivity contribution is 5.82. The van der Waals surface area contributed by atoms with Crippen molar-refractivity contribution in [1.29, 1.82) is 0 Å². The Morgan fingerprint density at radius 3 is 2.14 bits per heavy atom. The maximum Gasteiger partial charge on any atom is 0.305 e. The second-order valence-electron chi connectivity index (χ2n) is 12.6. The van der Waals surface area contributed by atoms with Gasteiger partial charge in [-0.15, -0.1) is 0 Å². The summed E-state index contributed by atoms with van der Waals surface area (Å²) in [6, 6.07) is 7.33. The number of halogens is 1. The van der Waals surface area contributed by atoms with Crippen LogP contribution >= 0.6 is 0 Å². The molecule has 43 heavy (non-hydrogen) atoms. The number of hydrogen-bond donors (Lipinski definition) is 2. The van der Waals surface area contributed by atoms with Gasteiger partial charge in [0, 0.05) is 23.9 Å². The molecule has 2 aromatic carbocycles. The van der Waals surface area contributed by atoms with Crippen LogP contribution in [-0.2, 0) is 16.0 Å². The highest BCUT2D eigenvalue weighted by atomic mass is 19.1. The smallest absolute Gasteiger partial charge is 0.305 e. The van der Waals surface area contributed by atoms with Gasteiger partial charge in [-0.1, -0.05) is 31.5 Å². The lowest BCUT2D eigenvalue weighted by atomic mass is 9.89. The predicted molar refractivity (Wildman–Crippen MR) is 170 cm³/mol. The van der Waals surface area contributed by atoms with Gasteiger partial charge in [0.15, 0.2) is 0 Å². The molecule has 0 saturated carbocycles. The van der Waals surface area contributed by atoms with E-state index >= 15 is 4.39 Å². The topological polar surface area (TPSA) is 91.6 Å². The standard InChI is InChI=1S/C35H46FN3O4/c1-20(2)12-30(39-19-26(10-11-38(8)9)15-25(7)35(39)43)34(42)37-29(18-31(40)41)28-17-27(16-24(6)33(28)36)32-22(4)13-21(3)14-23(32)5/h13-17,19-20,29-30H,10-12,18H2,1-9H3,(H,37,42)(H,40,41). The van der Waals surface area contributed by atoms with Crippen LogP contribution in [0.25, 0.3) is 11.1 Å². The molecule has 2 unspecified atom stereocenters. The molecule has 0 fully saturated rings. The molecule has 3 rings (SSSR count). The summed E-state index contributed by atoms with van der Waals surface area (Å²) >= 11 is 0. The second-order valence-corrected chi connectivity index (χ2v) is 12.6. The number of carbonyl (C=O) groups is 2. The summed E-state index contributed by atoms with van der Waals surface area (Å²) in [5.41, 5.74) is 6.50. The molecule has 0 bridgehead atoms. The van der Waals surface area contributed by atoms with Crippen LogP contribution in [0.3, 0.4) is 0 Å². The second kappa shape index (κ2) is 14.1. The average Bonchev–Trinajstić information content (AvgIpc) is 2.88. The van der Waals surface area contributed by atoms with E-state index in [1.165, 1.54) is 4.57 Å². The minimum atomic E-state index is -1.17. The van der Waals surface area contributed by atoms with E-state index in [9.17, 15) is 19.5 Å². The summed E-state index contributed by atoms with van der Waals surface area (Å²) in [5, 5.41) is 12.7. The number of pyridine rings is 1. The number of hydrogen-bond acceptors (Lipinski definition) is 4. The van der Waals surface area contributed by atoms with E-state index in [2.05, 4.69) is 17.4 Å². The van der Waals surface area contributed by atoms with E-state index in [1.54, 1.807) is 32.2 Å². The molecule has 0 radical (unpaired) electrons. The van der Waals surface area contributed by atoms with Gasteiger partial charge in [0.2, 0.25) is 5.91 Å². The molecule has 0 aliphatic carbocycles. The molecule has 1 amide bonds. The summed E-state index contributed by atoms with van der Waals surface area (Å²) in [5.74, 6) is -2.19. The van der Waals surface area contributed by atoms with Crippen LogP contribution in [0.2, 0.25) is 0 Å². The third-order valence-corrected chi connectivity index (χ3v) is 7.78. The minimum Gasteiger partial charge on any atom is -0.481 e. The number of carboxylic acid groups (broad SMARTS) is 1. The van der Waals surface area contributed by atoms with Gasteiger partial charge in [-0.25, -0.2) is 4.39 Å². The molecule has 2 atom stereocenters. The first-order chi connectivity index (χ1) is 20.1. The number of amides is 1.